The first-order chi connectivity index (χ1) is 12.1. The van der Waals surface area contributed by atoms with Crippen LogP contribution < -0.4 is 0 Å². The minimum Gasteiger partial charge on any atom is -0.305 e. The molecule has 0 saturated carbocycles. The van der Waals surface area contributed by atoms with Gasteiger partial charge in [-0.1, -0.05) is 60.7 Å². The molecule has 0 fully saturated rings. The largest absolute Gasteiger partial charge is 0.361 e. The highest BCUT2D eigenvalue weighted by Crippen LogP contribution is 2.49. The summed E-state index contributed by atoms with van der Waals surface area (Å²) in [6, 6.07) is 20.0. The Balaban J connectivity index is 1.93. The fourth-order valence-corrected chi connectivity index (χ4v) is 3.52. The van der Waals surface area contributed by atoms with Crippen molar-refractivity contribution in [2.24, 2.45) is 0 Å². The Morgan fingerprint density at radius 1 is 0.880 bits per heavy atom. The van der Waals surface area contributed by atoms with E-state index in [1.54, 1.807) is 0 Å². The Morgan fingerprint density at radius 3 is 1.72 bits per heavy atom. The van der Waals surface area contributed by atoms with Crippen molar-refractivity contribution in [1.82, 2.24) is 0 Å². The molecule has 0 spiro atoms. The lowest BCUT2D eigenvalue weighted by molar-refractivity contribution is 0.216. The van der Waals surface area contributed by atoms with Gasteiger partial charge >= 0.3 is 7.60 Å². The third kappa shape index (κ3) is 7.69. The molecule has 0 amide bonds. The summed E-state index contributed by atoms with van der Waals surface area (Å²) in [5.74, 6) is 1.44. The molecule has 0 N–H and O–H groups in total. The van der Waals surface area contributed by atoms with Crippen molar-refractivity contribution in [3.8, 4) is 0 Å². The van der Waals surface area contributed by atoms with Gasteiger partial charge in [0.1, 0.15) is 0 Å². The molecule has 3 nitrogen and oxygen atoms in total. The number of hydrogen-bond donors (Lipinski definition) is 0. The molecule has 0 radical (unpaired) electrons. The third-order valence-corrected chi connectivity index (χ3v) is 5.05. The summed E-state index contributed by atoms with van der Waals surface area (Å²) in [6.45, 7) is 4.48. The summed E-state index contributed by atoms with van der Waals surface area (Å²) >= 11 is 0. The van der Waals surface area contributed by atoms with E-state index in [2.05, 4.69) is 5.73 Å². The van der Waals surface area contributed by atoms with E-state index in [0.29, 0.717) is 26.1 Å². The van der Waals surface area contributed by atoms with Crippen LogP contribution in [0.4, 0.5) is 0 Å². The molecule has 0 heterocycles. The molecule has 0 aliphatic rings. The van der Waals surface area contributed by atoms with Crippen LogP contribution in [0.1, 0.15) is 25.0 Å². The maximum Gasteiger partial charge on any atom is 0.361 e. The molecule has 2 aromatic rings. The van der Waals surface area contributed by atoms with Crippen LogP contribution in [-0.4, -0.2) is 13.2 Å². The van der Waals surface area contributed by atoms with Gasteiger partial charge < -0.3 is 9.05 Å². The summed E-state index contributed by atoms with van der Waals surface area (Å²) in [7, 11) is -3.30. The Morgan fingerprint density at radius 2 is 1.32 bits per heavy atom. The van der Waals surface area contributed by atoms with Crippen molar-refractivity contribution >= 4 is 7.60 Å². The zero-order valence-corrected chi connectivity index (χ0v) is 15.7. The Labute approximate surface area is 150 Å². The number of benzene rings is 2. The molecule has 2 aromatic carbocycles. The molecule has 0 aliphatic carbocycles. The van der Waals surface area contributed by atoms with Gasteiger partial charge in [-0.15, -0.1) is 5.73 Å². The van der Waals surface area contributed by atoms with Gasteiger partial charge in [0.05, 0.1) is 19.0 Å². The quantitative estimate of drug-likeness (QED) is 0.422. The molecule has 0 saturated heterocycles. The SMILES string of the molecule is CC(C)=C=CP(=O)(OCCc1ccccc1)OCCc1ccccc1. The van der Waals surface area contributed by atoms with E-state index in [9.17, 15) is 4.57 Å². The predicted molar refractivity (Wildman–Crippen MR) is 103 cm³/mol. The van der Waals surface area contributed by atoms with E-state index < -0.39 is 7.60 Å². The number of rotatable bonds is 9. The van der Waals surface area contributed by atoms with Crippen LogP contribution in [0.15, 0.2) is 77.8 Å². The Kier molecular flexibility index (Phi) is 7.91. The smallest absolute Gasteiger partial charge is 0.305 e. The second-order valence-electron chi connectivity index (χ2n) is 5.95. The molecule has 0 bridgehead atoms. The summed E-state index contributed by atoms with van der Waals surface area (Å²) in [5, 5.41) is 0. The maximum absolute atomic E-state index is 12.9. The van der Waals surface area contributed by atoms with E-state index in [4.69, 9.17) is 9.05 Å². The monoisotopic (exact) mass is 356 g/mol. The average molecular weight is 356 g/mol. The van der Waals surface area contributed by atoms with Gasteiger partial charge in [-0.3, -0.25) is 4.57 Å². The van der Waals surface area contributed by atoms with E-state index in [0.717, 1.165) is 16.7 Å². The van der Waals surface area contributed by atoms with Gasteiger partial charge in [0, 0.05) is 0 Å². The summed E-state index contributed by atoms with van der Waals surface area (Å²) in [5.41, 5.74) is 6.18. The van der Waals surface area contributed by atoms with Crippen LogP contribution in [0.3, 0.4) is 0 Å². The highest BCUT2D eigenvalue weighted by Gasteiger charge is 2.20. The van der Waals surface area contributed by atoms with E-state index in [1.165, 1.54) is 5.82 Å². The molecular formula is C21H25O3P. The van der Waals surface area contributed by atoms with E-state index in [-0.39, 0.29) is 0 Å². The zero-order chi connectivity index (χ0) is 18.0. The van der Waals surface area contributed by atoms with Crippen molar-refractivity contribution in [3.05, 3.63) is 88.9 Å². The number of hydrogen-bond acceptors (Lipinski definition) is 3. The first kappa shape index (κ1) is 19.4. The van der Waals surface area contributed by atoms with Crippen molar-refractivity contribution in [3.63, 3.8) is 0 Å². The van der Waals surface area contributed by atoms with Gasteiger partial charge in [-0.25, -0.2) is 0 Å². The minimum atomic E-state index is -3.30. The first-order valence-electron chi connectivity index (χ1n) is 8.45. The summed E-state index contributed by atoms with van der Waals surface area (Å²) in [6.07, 6.45) is 1.38. The van der Waals surface area contributed by atoms with Crippen molar-refractivity contribution in [2.75, 3.05) is 13.2 Å². The fraction of sp³-hybridized carbons (Fsp3) is 0.286. The van der Waals surface area contributed by atoms with Gasteiger partial charge in [-0.2, -0.15) is 0 Å². The van der Waals surface area contributed by atoms with Gasteiger partial charge in [0.15, 0.2) is 0 Å². The molecule has 2 rings (SSSR count). The third-order valence-electron chi connectivity index (χ3n) is 3.52. The minimum absolute atomic E-state index is 0.341. The second-order valence-corrected chi connectivity index (χ2v) is 7.81. The summed E-state index contributed by atoms with van der Waals surface area (Å²) in [4.78, 5) is 0. The molecule has 0 aromatic heterocycles. The molecule has 132 valence electrons. The zero-order valence-electron chi connectivity index (χ0n) is 14.9. The molecule has 0 aliphatic heterocycles. The van der Waals surface area contributed by atoms with Crippen molar-refractivity contribution in [1.29, 1.82) is 0 Å². The van der Waals surface area contributed by atoms with Crippen LogP contribution in [0.25, 0.3) is 0 Å². The number of allylic oxidation sites excluding steroid dienone is 1. The van der Waals surface area contributed by atoms with E-state index in [1.807, 2.05) is 74.5 Å². The highest BCUT2D eigenvalue weighted by atomic mass is 31.2. The lowest BCUT2D eigenvalue weighted by atomic mass is 10.2. The van der Waals surface area contributed by atoms with Crippen LogP contribution in [0.5, 0.6) is 0 Å². The summed E-state index contributed by atoms with van der Waals surface area (Å²) < 4.78 is 24.2. The highest BCUT2D eigenvalue weighted by molar-refractivity contribution is 7.57. The Bertz CT molecular complexity index is 694. The van der Waals surface area contributed by atoms with Gasteiger partial charge in [0.2, 0.25) is 0 Å². The van der Waals surface area contributed by atoms with E-state index >= 15 is 0 Å². The second kappa shape index (κ2) is 10.2. The molecule has 4 heteroatoms. The van der Waals surface area contributed by atoms with Crippen LogP contribution in [-0.2, 0) is 26.5 Å². The lowest BCUT2D eigenvalue weighted by Crippen LogP contribution is -2.02. The standard InChI is InChI=1S/C21H25O3P/c1-19(2)15-18-25(22,23-16-13-20-9-5-3-6-10-20)24-17-14-21-11-7-4-8-12-21/h3-12,18H,13-14,16-17H2,1-2H3. The van der Waals surface area contributed by atoms with Gasteiger partial charge in [-0.05, 0) is 43.4 Å². The lowest BCUT2D eigenvalue weighted by Gasteiger charge is -2.15. The first-order valence-corrected chi connectivity index (χ1v) is 10.1. The van der Waals surface area contributed by atoms with Gasteiger partial charge in [0.25, 0.3) is 0 Å². The van der Waals surface area contributed by atoms with Crippen LogP contribution >= 0.6 is 7.60 Å². The molecular weight excluding hydrogens is 331 g/mol. The molecule has 0 atom stereocenters. The fourth-order valence-electron chi connectivity index (χ4n) is 2.19. The molecule has 0 unspecified atom stereocenters. The molecule has 25 heavy (non-hydrogen) atoms. The predicted octanol–water partition coefficient (Wildman–Crippen LogP) is 5.78. The maximum atomic E-state index is 12.9. The van der Waals surface area contributed by atoms with Crippen LogP contribution in [0, 0.1) is 0 Å². The van der Waals surface area contributed by atoms with Crippen molar-refractivity contribution in [2.45, 2.75) is 26.7 Å². The van der Waals surface area contributed by atoms with Crippen molar-refractivity contribution < 1.29 is 13.6 Å². The normalized spacial score (nSPS) is 11.0. The van der Waals surface area contributed by atoms with Crippen LogP contribution in [0.2, 0.25) is 0 Å². The average Bonchev–Trinajstić information content (AvgIpc) is 2.62. The topological polar surface area (TPSA) is 35.5 Å². The Hall–Kier alpha value is -1.89.